The van der Waals surface area contributed by atoms with Crippen molar-refractivity contribution >= 4 is 29.3 Å². The molecule has 0 spiro atoms. The van der Waals surface area contributed by atoms with Gasteiger partial charge in [-0.1, -0.05) is 56.3 Å². The van der Waals surface area contributed by atoms with Crippen molar-refractivity contribution in [2.45, 2.75) is 52.6 Å². The Labute approximate surface area is 304 Å². The maximum atomic E-state index is 13.5. The summed E-state index contributed by atoms with van der Waals surface area (Å²) in [5.74, 6) is -0.834. The number of aromatic amines is 1. The molecule has 1 aromatic heterocycles. The summed E-state index contributed by atoms with van der Waals surface area (Å²) in [6.07, 6.45) is 0.259. The number of carbonyl (C=O) groups excluding carboxylic acids is 4. The molecular formula is C37H51N7O8. The summed E-state index contributed by atoms with van der Waals surface area (Å²) in [5.41, 5.74) is 4.78. The van der Waals surface area contributed by atoms with E-state index in [0.717, 1.165) is 28.1 Å². The molecule has 282 valence electrons. The third-order valence-electron chi connectivity index (χ3n) is 8.24. The van der Waals surface area contributed by atoms with Crippen LogP contribution in [-0.4, -0.2) is 111 Å². The van der Waals surface area contributed by atoms with Crippen molar-refractivity contribution in [3.8, 4) is 22.5 Å². The second-order valence-electron chi connectivity index (χ2n) is 12.4. The SMILES string of the molecule is CCNC(=O)[C@@H](NC(=O)CCOCCOCCOCCOCCNC(=O)CCC(=O)N1Cc2ccccc2-c2n[nH]nc2-c2ccccc21)C(C)C. The monoisotopic (exact) mass is 721 g/mol. The van der Waals surface area contributed by atoms with Crippen molar-refractivity contribution < 1.29 is 38.1 Å². The summed E-state index contributed by atoms with van der Waals surface area (Å²) in [6, 6.07) is 14.8. The maximum Gasteiger partial charge on any atom is 0.242 e. The lowest BCUT2D eigenvalue weighted by Gasteiger charge is -2.28. The van der Waals surface area contributed by atoms with Gasteiger partial charge in [0.25, 0.3) is 0 Å². The Morgan fingerprint density at radius 3 is 2.00 bits per heavy atom. The lowest BCUT2D eigenvalue weighted by atomic mass is 9.95. The molecule has 1 aliphatic rings. The highest BCUT2D eigenvalue weighted by atomic mass is 16.6. The van der Waals surface area contributed by atoms with E-state index in [2.05, 4.69) is 31.4 Å². The van der Waals surface area contributed by atoms with E-state index < -0.39 is 6.04 Å². The Morgan fingerprint density at radius 2 is 1.33 bits per heavy atom. The first-order valence-corrected chi connectivity index (χ1v) is 17.8. The highest BCUT2D eigenvalue weighted by molar-refractivity contribution is 6.01. The van der Waals surface area contributed by atoms with Gasteiger partial charge in [0.05, 0.1) is 65.1 Å². The topological polar surface area (TPSA) is 186 Å². The summed E-state index contributed by atoms with van der Waals surface area (Å²) in [7, 11) is 0. The van der Waals surface area contributed by atoms with Crippen molar-refractivity contribution in [2.75, 3.05) is 70.8 Å². The van der Waals surface area contributed by atoms with Crippen LogP contribution in [0.3, 0.4) is 0 Å². The van der Waals surface area contributed by atoms with Gasteiger partial charge < -0.3 is 39.8 Å². The third kappa shape index (κ3) is 12.2. The number of para-hydroxylation sites is 1. The Balaban J connectivity index is 1.02. The van der Waals surface area contributed by atoms with E-state index in [-0.39, 0.29) is 55.4 Å². The number of H-pyrrole nitrogens is 1. The number of nitrogens with zero attached hydrogens (tertiary/aromatic N) is 3. The first-order chi connectivity index (χ1) is 25.3. The molecule has 0 saturated carbocycles. The van der Waals surface area contributed by atoms with Crippen molar-refractivity contribution in [1.82, 2.24) is 31.4 Å². The molecule has 4 rings (SSSR count). The largest absolute Gasteiger partial charge is 0.379 e. The van der Waals surface area contributed by atoms with Gasteiger partial charge in [-0.3, -0.25) is 19.2 Å². The Hall–Kier alpha value is -4.70. The number of benzene rings is 2. The van der Waals surface area contributed by atoms with Gasteiger partial charge in [-0.15, -0.1) is 0 Å². The van der Waals surface area contributed by atoms with Crippen molar-refractivity contribution in [3.63, 3.8) is 0 Å². The van der Waals surface area contributed by atoms with E-state index in [1.807, 2.05) is 69.3 Å². The van der Waals surface area contributed by atoms with Gasteiger partial charge in [-0.2, -0.15) is 15.4 Å². The molecule has 0 unspecified atom stereocenters. The van der Waals surface area contributed by atoms with E-state index in [0.29, 0.717) is 71.6 Å². The lowest BCUT2D eigenvalue weighted by molar-refractivity contribution is -0.130. The first-order valence-electron chi connectivity index (χ1n) is 17.8. The number of aromatic nitrogens is 3. The number of hydrogen-bond donors (Lipinski definition) is 4. The quantitative estimate of drug-likeness (QED) is 0.112. The molecule has 1 aliphatic heterocycles. The van der Waals surface area contributed by atoms with Crippen LogP contribution in [0.1, 0.15) is 45.6 Å². The minimum absolute atomic E-state index is 0.0197. The van der Waals surface area contributed by atoms with E-state index in [4.69, 9.17) is 18.9 Å². The Morgan fingerprint density at radius 1 is 0.731 bits per heavy atom. The fourth-order valence-electron chi connectivity index (χ4n) is 5.58. The number of anilines is 1. The predicted molar refractivity (Wildman–Crippen MR) is 194 cm³/mol. The average molecular weight is 722 g/mol. The number of rotatable bonds is 22. The molecule has 2 aromatic carbocycles. The van der Waals surface area contributed by atoms with Gasteiger partial charge in [0.1, 0.15) is 17.4 Å². The maximum absolute atomic E-state index is 13.5. The Kier molecular flexibility index (Phi) is 16.7. The van der Waals surface area contributed by atoms with Crippen LogP contribution in [0, 0.1) is 5.92 Å². The zero-order valence-corrected chi connectivity index (χ0v) is 30.3. The number of amides is 4. The summed E-state index contributed by atoms with van der Waals surface area (Å²) >= 11 is 0. The molecule has 0 fully saturated rings. The van der Waals surface area contributed by atoms with Crippen LogP contribution in [0.25, 0.3) is 22.5 Å². The van der Waals surface area contributed by atoms with Crippen molar-refractivity contribution in [2.24, 2.45) is 5.92 Å². The molecule has 15 nitrogen and oxygen atoms in total. The molecule has 0 bridgehead atoms. The zero-order chi connectivity index (χ0) is 37.1. The van der Waals surface area contributed by atoms with Crippen LogP contribution >= 0.6 is 0 Å². The molecule has 15 heteroatoms. The van der Waals surface area contributed by atoms with Crippen molar-refractivity contribution in [1.29, 1.82) is 0 Å². The predicted octanol–water partition coefficient (Wildman–Crippen LogP) is 2.62. The molecule has 52 heavy (non-hydrogen) atoms. The van der Waals surface area contributed by atoms with E-state index in [9.17, 15) is 19.2 Å². The molecule has 1 atom stereocenters. The average Bonchev–Trinajstić information content (AvgIpc) is 3.62. The molecule has 2 heterocycles. The molecule has 3 aromatic rings. The number of ether oxygens (including phenoxy) is 4. The van der Waals surface area contributed by atoms with Crippen LogP contribution < -0.4 is 20.9 Å². The third-order valence-corrected chi connectivity index (χ3v) is 8.24. The summed E-state index contributed by atoms with van der Waals surface area (Å²) in [6.45, 7) is 9.54. The van der Waals surface area contributed by atoms with Gasteiger partial charge in [-0.05, 0) is 24.5 Å². The minimum Gasteiger partial charge on any atom is -0.379 e. The molecule has 4 amide bonds. The van der Waals surface area contributed by atoms with E-state index in [1.54, 1.807) is 4.90 Å². The molecule has 4 N–H and O–H groups in total. The number of hydrogen-bond acceptors (Lipinski definition) is 10. The van der Waals surface area contributed by atoms with E-state index in [1.165, 1.54) is 0 Å². The van der Waals surface area contributed by atoms with Crippen LogP contribution in [0.2, 0.25) is 0 Å². The Bertz CT molecular complexity index is 1600. The standard InChI is InChI=1S/C37H51N7O8/c1-4-38-37(48)34(26(2)3)40-32(46)15-17-49-19-21-51-23-24-52-22-20-50-18-16-39-31(45)13-14-33(47)44-25-27-9-5-6-10-28(27)35-36(42-43-41-35)29-11-7-8-12-30(29)44/h5-12,26,34H,4,13-25H2,1-3H3,(H,38,48)(H,39,45)(H,40,46)(H,41,42,43)/t34-/m0/s1. The fraction of sp³-hybridized carbons (Fsp3) is 0.514. The normalized spacial score (nSPS) is 12.6. The molecule has 0 radical (unpaired) electrons. The highest BCUT2D eigenvalue weighted by Gasteiger charge is 2.28. The van der Waals surface area contributed by atoms with Gasteiger partial charge in [-0.25, -0.2) is 0 Å². The van der Waals surface area contributed by atoms with Gasteiger partial charge in [0.2, 0.25) is 23.6 Å². The van der Waals surface area contributed by atoms with Gasteiger partial charge in [0, 0.05) is 43.5 Å². The number of nitrogens with one attached hydrogen (secondary N) is 4. The van der Waals surface area contributed by atoms with E-state index >= 15 is 0 Å². The second-order valence-corrected chi connectivity index (χ2v) is 12.4. The summed E-state index contributed by atoms with van der Waals surface area (Å²) in [4.78, 5) is 52.0. The van der Waals surface area contributed by atoms with Crippen LogP contribution in [-0.2, 0) is 44.7 Å². The smallest absolute Gasteiger partial charge is 0.242 e. The molecule has 0 aliphatic carbocycles. The zero-order valence-electron chi connectivity index (χ0n) is 30.3. The first kappa shape index (κ1) is 40.1. The number of likely N-dealkylation sites (N-methyl/N-ethyl adjacent to an activating group) is 1. The van der Waals surface area contributed by atoms with Crippen molar-refractivity contribution in [3.05, 3.63) is 54.1 Å². The van der Waals surface area contributed by atoms with Crippen LogP contribution in [0.15, 0.2) is 48.5 Å². The lowest BCUT2D eigenvalue weighted by Crippen LogP contribution is -2.49. The van der Waals surface area contributed by atoms with Gasteiger partial charge >= 0.3 is 0 Å². The second kappa shape index (κ2) is 21.6. The summed E-state index contributed by atoms with van der Waals surface area (Å²) < 4.78 is 22.0. The molecular weight excluding hydrogens is 670 g/mol. The van der Waals surface area contributed by atoms with Crippen LogP contribution in [0.4, 0.5) is 5.69 Å². The summed E-state index contributed by atoms with van der Waals surface area (Å²) in [5, 5.41) is 19.8. The minimum atomic E-state index is -0.567. The fourth-order valence-corrected chi connectivity index (χ4v) is 5.58. The highest BCUT2D eigenvalue weighted by Crippen LogP contribution is 2.39. The number of fused-ring (bicyclic) bond motifs is 5. The van der Waals surface area contributed by atoms with Crippen LogP contribution in [0.5, 0.6) is 0 Å². The number of carbonyl (C=O) groups is 4. The molecule has 0 saturated heterocycles. The van der Waals surface area contributed by atoms with Gasteiger partial charge in [0.15, 0.2) is 0 Å².